The van der Waals surface area contributed by atoms with E-state index in [9.17, 15) is 14.0 Å². The Morgan fingerprint density at radius 2 is 2.08 bits per heavy atom. The van der Waals surface area contributed by atoms with Crippen LogP contribution in [-0.4, -0.2) is 36.5 Å². The average Bonchev–Trinajstić information content (AvgIpc) is 3.11. The Labute approximate surface area is 145 Å². The molecule has 132 valence electrons. The third-order valence-electron chi connectivity index (χ3n) is 4.28. The molecule has 1 aromatic carbocycles. The third-order valence-corrected chi connectivity index (χ3v) is 4.28. The molecule has 1 atom stereocenters. The van der Waals surface area contributed by atoms with Crippen LogP contribution in [0.5, 0.6) is 0 Å². The topological polar surface area (TPSA) is 59.8 Å². The van der Waals surface area contributed by atoms with Gasteiger partial charge in [0.2, 0.25) is 0 Å². The molecule has 0 aliphatic carbocycles. The van der Waals surface area contributed by atoms with Crippen LogP contribution in [0.15, 0.2) is 40.8 Å². The van der Waals surface area contributed by atoms with Gasteiger partial charge in [-0.25, -0.2) is 4.39 Å². The molecule has 1 fully saturated rings. The fourth-order valence-electron chi connectivity index (χ4n) is 3.03. The number of amides is 1. The van der Waals surface area contributed by atoms with Crippen LogP contribution in [0, 0.1) is 11.7 Å². The van der Waals surface area contributed by atoms with Crippen molar-refractivity contribution in [2.75, 3.05) is 19.7 Å². The Hall–Kier alpha value is -2.63. The van der Waals surface area contributed by atoms with E-state index in [2.05, 4.69) is 0 Å². The molecule has 1 aliphatic heterocycles. The van der Waals surface area contributed by atoms with Crippen molar-refractivity contribution < 1.29 is 23.1 Å². The van der Waals surface area contributed by atoms with E-state index in [0.717, 1.165) is 6.42 Å². The second-order valence-electron chi connectivity index (χ2n) is 5.99. The molecule has 0 saturated carbocycles. The van der Waals surface area contributed by atoms with E-state index < -0.39 is 5.82 Å². The number of hydrogen-bond acceptors (Lipinski definition) is 4. The molecule has 1 aliphatic rings. The van der Waals surface area contributed by atoms with Crippen molar-refractivity contribution in [2.45, 2.75) is 19.8 Å². The molecular formula is C19H20FNO4. The summed E-state index contributed by atoms with van der Waals surface area (Å²) in [6, 6.07) is 9.36. The molecule has 1 saturated heterocycles. The largest absolute Gasteiger partial charge is 0.466 e. The molecule has 25 heavy (non-hydrogen) atoms. The van der Waals surface area contributed by atoms with E-state index in [1.165, 1.54) is 12.1 Å². The highest BCUT2D eigenvalue weighted by atomic mass is 19.1. The van der Waals surface area contributed by atoms with Crippen molar-refractivity contribution in [3.05, 3.63) is 48.0 Å². The summed E-state index contributed by atoms with van der Waals surface area (Å²) in [6.45, 7) is 2.96. The van der Waals surface area contributed by atoms with E-state index in [0.29, 0.717) is 37.4 Å². The zero-order chi connectivity index (χ0) is 17.8. The number of furan rings is 1. The minimum absolute atomic E-state index is 0.141. The smallest absolute Gasteiger partial charge is 0.310 e. The first-order chi connectivity index (χ1) is 12.1. The minimum Gasteiger partial charge on any atom is -0.466 e. The summed E-state index contributed by atoms with van der Waals surface area (Å²) in [4.78, 5) is 26.1. The van der Waals surface area contributed by atoms with Gasteiger partial charge < -0.3 is 14.1 Å². The number of esters is 1. The highest BCUT2D eigenvalue weighted by Gasteiger charge is 2.31. The quantitative estimate of drug-likeness (QED) is 0.796. The number of halogens is 1. The van der Waals surface area contributed by atoms with Crippen molar-refractivity contribution >= 4 is 11.9 Å². The van der Waals surface area contributed by atoms with Gasteiger partial charge in [-0.3, -0.25) is 9.59 Å². The van der Waals surface area contributed by atoms with Crippen LogP contribution in [-0.2, 0) is 9.53 Å². The Kier molecular flexibility index (Phi) is 5.16. The number of ether oxygens (including phenoxy) is 1. The molecule has 2 aromatic rings. The average molecular weight is 345 g/mol. The number of nitrogens with zero attached hydrogens (tertiary/aromatic N) is 1. The normalized spacial score (nSPS) is 17.4. The lowest BCUT2D eigenvalue weighted by atomic mass is 9.98. The zero-order valence-electron chi connectivity index (χ0n) is 14.0. The van der Waals surface area contributed by atoms with E-state index in [1.807, 2.05) is 0 Å². The third kappa shape index (κ3) is 3.73. The predicted octanol–water partition coefficient (Wildman–Crippen LogP) is 3.50. The number of benzene rings is 1. The van der Waals surface area contributed by atoms with E-state index >= 15 is 0 Å². The first-order valence-electron chi connectivity index (χ1n) is 8.40. The van der Waals surface area contributed by atoms with Crippen LogP contribution >= 0.6 is 0 Å². The molecule has 1 amide bonds. The molecule has 0 unspecified atom stereocenters. The van der Waals surface area contributed by atoms with Crippen molar-refractivity contribution in [1.29, 1.82) is 0 Å². The minimum atomic E-state index is -0.406. The standard InChI is InChI=1S/C19H20FNO4/c1-2-24-19(23)13-6-5-11-21(12-13)18(22)17-10-9-16(25-17)14-7-3-4-8-15(14)20/h3-4,7-10,13H,2,5-6,11-12H2,1H3/t13-/m0/s1. The molecule has 2 heterocycles. The van der Waals surface area contributed by atoms with Crippen LogP contribution in [0.1, 0.15) is 30.3 Å². The van der Waals surface area contributed by atoms with Gasteiger partial charge in [-0.05, 0) is 44.0 Å². The second-order valence-corrected chi connectivity index (χ2v) is 5.99. The van der Waals surface area contributed by atoms with Crippen LogP contribution in [0.25, 0.3) is 11.3 Å². The Morgan fingerprint density at radius 1 is 1.28 bits per heavy atom. The number of rotatable bonds is 4. The summed E-state index contributed by atoms with van der Waals surface area (Å²) in [5.74, 6) is -0.832. The van der Waals surface area contributed by atoms with Gasteiger partial charge in [0.05, 0.1) is 18.1 Å². The highest BCUT2D eigenvalue weighted by molar-refractivity contribution is 5.92. The summed E-state index contributed by atoms with van der Waals surface area (Å²) < 4.78 is 24.5. The number of piperidine rings is 1. The van der Waals surface area contributed by atoms with Gasteiger partial charge in [0.25, 0.3) is 5.91 Å². The number of hydrogen-bond donors (Lipinski definition) is 0. The summed E-state index contributed by atoms with van der Waals surface area (Å²) in [5, 5.41) is 0. The lowest BCUT2D eigenvalue weighted by Gasteiger charge is -2.30. The fourth-order valence-corrected chi connectivity index (χ4v) is 3.03. The van der Waals surface area contributed by atoms with Gasteiger partial charge in [-0.15, -0.1) is 0 Å². The lowest BCUT2D eigenvalue weighted by molar-refractivity contribution is -0.149. The zero-order valence-corrected chi connectivity index (χ0v) is 14.0. The molecular weight excluding hydrogens is 325 g/mol. The molecule has 1 aromatic heterocycles. The lowest BCUT2D eigenvalue weighted by Crippen LogP contribution is -2.42. The van der Waals surface area contributed by atoms with E-state index in [4.69, 9.17) is 9.15 Å². The van der Waals surface area contributed by atoms with Gasteiger partial charge in [0.1, 0.15) is 11.6 Å². The Balaban J connectivity index is 1.73. The Morgan fingerprint density at radius 3 is 2.84 bits per heavy atom. The highest BCUT2D eigenvalue weighted by Crippen LogP contribution is 2.26. The van der Waals surface area contributed by atoms with Crippen molar-refractivity contribution in [3.8, 4) is 11.3 Å². The van der Waals surface area contributed by atoms with Crippen LogP contribution in [0.4, 0.5) is 4.39 Å². The Bertz CT molecular complexity index is 770. The van der Waals surface area contributed by atoms with Gasteiger partial charge in [0.15, 0.2) is 5.76 Å². The van der Waals surface area contributed by atoms with Gasteiger partial charge >= 0.3 is 5.97 Å². The monoisotopic (exact) mass is 345 g/mol. The number of carbonyl (C=O) groups is 2. The van der Waals surface area contributed by atoms with Crippen LogP contribution in [0.3, 0.4) is 0 Å². The van der Waals surface area contributed by atoms with Gasteiger partial charge in [0, 0.05) is 13.1 Å². The maximum atomic E-state index is 13.8. The van der Waals surface area contributed by atoms with Crippen molar-refractivity contribution in [1.82, 2.24) is 4.90 Å². The first-order valence-corrected chi connectivity index (χ1v) is 8.40. The van der Waals surface area contributed by atoms with Crippen molar-refractivity contribution in [2.24, 2.45) is 5.92 Å². The fraction of sp³-hybridized carbons (Fsp3) is 0.368. The molecule has 3 rings (SSSR count). The summed E-state index contributed by atoms with van der Waals surface area (Å²) in [7, 11) is 0. The maximum absolute atomic E-state index is 13.8. The van der Waals surface area contributed by atoms with Gasteiger partial charge in [-0.2, -0.15) is 0 Å². The van der Waals surface area contributed by atoms with Crippen molar-refractivity contribution in [3.63, 3.8) is 0 Å². The predicted molar refractivity (Wildman–Crippen MR) is 89.4 cm³/mol. The maximum Gasteiger partial charge on any atom is 0.310 e. The molecule has 0 N–H and O–H groups in total. The summed E-state index contributed by atoms with van der Waals surface area (Å²) in [5.41, 5.74) is 0.310. The second kappa shape index (κ2) is 7.51. The van der Waals surface area contributed by atoms with Crippen LogP contribution in [0.2, 0.25) is 0 Å². The SMILES string of the molecule is CCOC(=O)[C@H]1CCCN(C(=O)c2ccc(-c3ccccc3F)o2)C1. The molecule has 6 heteroatoms. The molecule has 0 bridgehead atoms. The molecule has 0 radical (unpaired) electrons. The first kappa shape index (κ1) is 17.2. The molecule has 0 spiro atoms. The number of carbonyl (C=O) groups excluding carboxylic acids is 2. The summed E-state index contributed by atoms with van der Waals surface area (Å²) in [6.07, 6.45) is 1.44. The van der Waals surface area contributed by atoms with E-state index in [1.54, 1.807) is 36.1 Å². The van der Waals surface area contributed by atoms with Crippen LogP contribution < -0.4 is 0 Å². The molecule has 5 nitrogen and oxygen atoms in total. The van der Waals surface area contributed by atoms with E-state index in [-0.39, 0.29) is 23.6 Å². The summed E-state index contributed by atoms with van der Waals surface area (Å²) >= 11 is 0. The number of likely N-dealkylation sites (tertiary alicyclic amines) is 1. The van der Waals surface area contributed by atoms with Gasteiger partial charge in [-0.1, -0.05) is 12.1 Å².